The average Bonchev–Trinajstić information content (AvgIpc) is 2.83. The number of hydrogen-bond acceptors (Lipinski definition) is 2. The fourth-order valence-electron chi connectivity index (χ4n) is 2.25. The van der Waals surface area contributed by atoms with E-state index < -0.39 is 0 Å². The summed E-state index contributed by atoms with van der Waals surface area (Å²) >= 11 is 0. The van der Waals surface area contributed by atoms with Crippen molar-refractivity contribution in [3.63, 3.8) is 0 Å². The minimum Gasteiger partial charge on any atom is -0.497 e. The SMILES string of the molecule is CCc1cc(OC)cc(C(C)Cn2cc(C)cn2)c1. The first-order valence-electron chi connectivity index (χ1n) is 6.79. The molecule has 19 heavy (non-hydrogen) atoms. The summed E-state index contributed by atoms with van der Waals surface area (Å²) in [5.41, 5.74) is 3.83. The van der Waals surface area contributed by atoms with Crippen molar-refractivity contribution in [2.75, 3.05) is 7.11 Å². The molecule has 1 unspecified atom stereocenters. The molecule has 102 valence electrons. The van der Waals surface area contributed by atoms with E-state index in [1.54, 1.807) is 7.11 Å². The molecular formula is C16H22N2O. The third-order valence-electron chi connectivity index (χ3n) is 3.42. The Kier molecular flexibility index (Phi) is 4.25. The molecule has 2 aromatic rings. The van der Waals surface area contributed by atoms with Crippen LogP contribution in [0.5, 0.6) is 5.75 Å². The number of aryl methyl sites for hydroxylation is 2. The maximum atomic E-state index is 5.38. The van der Waals surface area contributed by atoms with Crippen LogP contribution in [-0.2, 0) is 13.0 Å². The Labute approximate surface area is 115 Å². The molecule has 0 N–H and O–H groups in total. The topological polar surface area (TPSA) is 27.1 Å². The van der Waals surface area contributed by atoms with Crippen molar-refractivity contribution in [2.24, 2.45) is 0 Å². The van der Waals surface area contributed by atoms with E-state index in [1.807, 2.05) is 10.9 Å². The summed E-state index contributed by atoms with van der Waals surface area (Å²) in [6.07, 6.45) is 5.00. The Morgan fingerprint density at radius 2 is 2.11 bits per heavy atom. The predicted octanol–water partition coefficient (Wildman–Crippen LogP) is 3.57. The molecule has 0 aliphatic heterocycles. The monoisotopic (exact) mass is 258 g/mol. The van der Waals surface area contributed by atoms with Crippen molar-refractivity contribution in [1.82, 2.24) is 9.78 Å². The molecule has 0 saturated carbocycles. The Hall–Kier alpha value is -1.77. The van der Waals surface area contributed by atoms with Gasteiger partial charge in [0.25, 0.3) is 0 Å². The van der Waals surface area contributed by atoms with E-state index >= 15 is 0 Å². The van der Waals surface area contributed by atoms with Gasteiger partial charge in [0.05, 0.1) is 13.3 Å². The van der Waals surface area contributed by atoms with Crippen LogP contribution >= 0.6 is 0 Å². The smallest absolute Gasteiger partial charge is 0.119 e. The van der Waals surface area contributed by atoms with Crippen LogP contribution in [0, 0.1) is 6.92 Å². The van der Waals surface area contributed by atoms with E-state index in [9.17, 15) is 0 Å². The van der Waals surface area contributed by atoms with Crippen LogP contribution in [0.4, 0.5) is 0 Å². The van der Waals surface area contributed by atoms with Crippen LogP contribution in [0.25, 0.3) is 0 Å². The third-order valence-corrected chi connectivity index (χ3v) is 3.42. The van der Waals surface area contributed by atoms with Gasteiger partial charge in [0.15, 0.2) is 0 Å². The standard InChI is InChI=1S/C16H22N2O/c1-5-14-6-15(8-16(7-14)19-4)13(3)11-18-10-12(2)9-17-18/h6-10,13H,5,11H2,1-4H3. The minimum atomic E-state index is 0.416. The molecule has 3 nitrogen and oxygen atoms in total. The van der Waals surface area contributed by atoms with Gasteiger partial charge >= 0.3 is 0 Å². The molecule has 1 aromatic heterocycles. The summed E-state index contributed by atoms with van der Waals surface area (Å²) in [5, 5.41) is 4.35. The van der Waals surface area contributed by atoms with Gasteiger partial charge in [0.2, 0.25) is 0 Å². The number of ether oxygens (including phenoxy) is 1. The lowest BCUT2D eigenvalue weighted by Gasteiger charge is -2.15. The molecule has 0 fully saturated rings. The van der Waals surface area contributed by atoms with Gasteiger partial charge in [0, 0.05) is 18.7 Å². The van der Waals surface area contributed by atoms with Crippen molar-refractivity contribution in [3.8, 4) is 5.75 Å². The molecule has 1 atom stereocenters. The van der Waals surface area contributed by atoms with Gasteiger partial charge in [-0.25, -0.2) is 0 Å². The molecule has 1 heterocycles. The Balaban J connectivity index is 2.20. The first-order valence-corrected chi connectivity index (χ1v) is 6.79. The van der Waals surface area contributed by atoms with Crippen molar-refractivity contribution in [1.29, 1.82) is 0 Å². The molecule has 0 radical (unpaired) electrons. The molecule has 0 aliphatic rings. The highest BCUT2D eigenvalue weighted by molar-refractivity contribution is 5.36. The van der Waals surface area contributed by atoms with Crippen LogP contribution in [0.3, 0.4) is 0 Å². The summed E-state index contributed by atoms with van der Waals surface area (Å²) in [6, 6.07) is 6.50. The van der Waals surface area contributed by atoms with Gasteiger partial charge < -0.3 is 4.74 Å². The molecular weight excluding hydrogens is 236 g/mol. The van der Waals surface area contributed by atoms with Crippen molar-refractivity contribution in [2.45, 2.75) is 39.7 Å². The molecule has 1 aromatic carbocycles. The van der Waals surface area contributed by atoms with Gasteiger partial charge in [-0.05, 0) is 42.2 Å². The van der Waals surface area contributed by atoms with Crippen molar-refractivity contribution >= 4 is 0 Å². The van der Waals surface area contributed by atoms with E-state index in [0.29, 0.717) is 5.92 Å². The second-order valence-electron chi connectivity index (χ2n) is 5.11. The van der Waals surface area contributed by atoms with Gasteiger partial charge in [-0.1, -0.05) is 19.9 Å². The van der Waals surface area contributed by atoms with E-state index in [2.05, 4.69) is 50.3 Å². The van der Waals surface area contributed by atoms with Crippen LogP contribution in [-0.4, -0.2) is 16.9 Å². The molecule has 0 spiro atoms. The zero-order valence-electron chi connectivity index (χ0n) is 12.2. The fraction of sp³-hybridized carbons (Fsp3) is 0.438. The average molecular weight is 258 g/mol. The minimum absolute atomic E-state index is 0.416. The highest BCUT2D eigenvalue weighted by atomic mass is 16.5. The number of hydrogen-bond donors (Lipinski definition) is 0. The molecule has 0 amide bonds. The van der Waals surface area contributed by atoms with E-state index in [0.717, 1.165) is 18.7 Å². The maximum Gasteiger partial charge on any atom is 0.119 e. The van der Waals surface area contributed by atoms with Crippen LogP contribution in [0.2, 0.25) is 0 Å². The lowest BCUT2D eigenvalue weighted by molar-refractivity contribution is 0.412. The van der Waals surface area contributed by atoms with Crippen LogP contribution in [0.1, 0.15) is 36.5 Å². The Morgan fingerprint density at radius 3 is 2.68 bits per heavy atom. The molecule has 2 rings (SSSR count). The van der Waals surface area contributed by atoms with Gasteiger partial charge in [-0.2, -0.15) is 5.10 Å². The van der Waals surface area contributed by atoms with Crippen LogP contribution < -0.4 is 4.74 Å². The molecule has 0 saturated heterocycles. The summed E-state index contributed by atoms with van der Waals surface area (Å²) in [4.78, 5) is 0. The quantitative estimate of drug-likeness (QED) is 0.820. The number of aromatic nitrogens is 2. The number of benzene rings is 1. The lowest BCUT2D eigenvalue weighted by Crippen LogP contribution is -2.07. The zero-order chi connectivity index (χ0) is 13.8. The van der Waals surface area contributed by atoms with Gasteiger partial charge in [0.1, 0.15) is 5.75 Å². The lowest BCUT2D eigenvalue weighted by atomic mass is 9.97. The first-order chi connectivity index (χ1) is 9.12. The van der Waals surface area contributed by atoms with E-state index in [-0.39, 0.29) is 0 Å². The summed E-state index contributed by atoms with van der Waals surface area (Å²) in [5.74, 6) is 1.36. The molecule has 0 aliphatic carbocycles. The highest BCUT2D eigenvalue weighted by Gasteiger charge is 2.10. The zero-order valence-corrected chi connectivity index (χ0v) is 12.2. The molecule has 3 heteroatoms. The number of nitrogens with zero attached hydrogens (tertiary/aromatic N) is 2. The second-order valence-corrected chi connectivity index (χ2v) is 5.11. The maximum absolute atomic E-state index is 5.38. The van der Waals surface area contributed by atoms with Gasteiger partial charge in [-0.3, -0.25) is 4.68 Å². The van der Waals surface area contributed by atoms with Gasteiger partial charge in [-0.15, -0.1) is 0 Å². The second kappa shape index (κ2) is 5.91. The normalized spacial score (nSPS) is 12.4. The summed E-state index contributed by atoms with van der Waals surface area (Å²) in [7, 11) is 1.72. The fourth-order valence-corrected chi connectivity index (χ4v) is 2.25. The van der Waals surface area contributed by atoms with Crippen molar-refractivity contribution < 1.29 is 4.74 Å². The largest absolute Gasteiger partial charge is 0.497 e. The number of methoxy groups -OCH3 is 1. The van der Waals surface area contributed by atoms with E-state index in [4.69, 9.17) is 4.74 Å². The summed E-state index contributed by atoms with van der Waals surface area (Å²) in [6.45, 7) is 7.35. The Morgan fingerprint density at radius 1 is 1.32 bits per heavy atom. The number of rotatable bonds is 5. The van der Waals surface area contributed by atoms with Crippen molar-refractivity contribution in [3.05, 3.63) is 47.3 Å². The first kappa shape index (κ1) is 13.7. The van der Waals surface area contributed by atoms with E-state index in [1.165, 1.54) is 16.7 Å². The van der Waals surface area contributed by atoms with Crippen LogP contribution in [0.15, 0.2) is 30.6 Å². The Bertz CT molecular complexity index is 523. The predicted molar refractivity (Wildman–Crippen MR) is 77.8 cm³/mol. The molecule has 0 bridgehead atoms. The summed E-state index contributed by atoms with van der Waals surface area (Å²) < 4.78 is 7.38. The highest BCUT2D eigenvalue weighted by Crippen LogP contribution is 2.24. The third kappa shape index (κ3) is 3.37.